The summed E-state index contributed by atoms with van der Waals surface area (Å²) < 4.78 is 1.59. The van der Waals surface area contributed by atoms with Gasteiger partial charge in [0.15, 0.2) is 5.78 Å². The molecule has 1 aromatic rings. The minimum atomic E-state index is -0.0350. The van der Waals surface area contributed by atoms with Crippen LogP contribution in [0.25, 0.3) is 0 Å². The number of carbonyl (C=O) groups excluding carboxylic acids is 1. The van der Waals surface area contributed by atoms with E-state index in [1.165, 1.54) is 6.20 Å². The Kier molecular flexibility index (Phi) is 3.45. The van der Waals surface area contributed by atoms with E-state index in [1.807, 2.05) is 6.92 Å². The van der Waals surface area contributed by atoms with E-state index in [0.717, 1.165) is 0 Å². The smallest absolute Gasteiger partial charge is 0.181 e. The van der Waals surface area contributed by atoms with Crippen molar-refractivity contribution in [1.82, 2.24) is 15.1 Å². The molecule has 0 fully saturated rings. The molecule has 0 saturated heterocycles. The van der Waals surface area contributed by atoms with Crippen molar-refractivity contribution >= 4 is 17.4 Å². The summed E-state index contributed by atoms with van der Waals surface area (Å²) in [5.74, 6) is -0.0350. The molecule has 1 heterocycles. The van der Waals surface area contributed by atoms with E-state index in [0.29, 0.717) is 17.3 Å². The first-order valence-corrected chi connectivity index (χ1v) is 4.47. The molecule has 0 spiro atoms. The molecule has 0 aromatic carbocycles. The van der Waals surface area contributed by atoms with E-state index >= 15 is 0 Å². The first kappa shape index (κ1) is 10.2. The zero-order chi connectivity index (χ0) is 9.84. The Morgan fingerprint density at radius 2 is 2.46 bits per heavy atom. The van der Waals surface area contributed by atoms with E-state index in [9.17, 15) is 4.79 Å². The zero-order valence-electron chi connectivity index (χ0n) is 7.67. The lowest BCUT2D eigenvalue weighted by Crippen LogP contribution is -2.18. The highest BCUT2D eigenvalue weighted by Crippen LogP contribution is 2.15. The van der Waals surface area contributed by atoms with Gasteiger partial charge in [0.2, 0.25) is 0 Å². The zero-order valence-corrected chi connectivity index (χ0v) is 8.43. The highest BCUT2D eigenvalue weighted by atomic mass is 35.5. The topological polar surface area (TPSA) is 46.9 Å². The van der Waals surface area contributed by atoms with Gasteiger partial charge in [-0.1, -0.05) is 11.6 Å². The Balaban J connectivity index is 2.89. The summed E-state index contributed by atoms with van der Waals surface area (Å²) in [6.45, 7) is 2.88. The van der Waals surface area contributed by atoms with E-state index in [4.69, 9.17) is 11.6 Å². The van der Waals surface area contributed by atoms with Crippen molar-refractivity contribution in [2.75, 3.05) is 13.6 Å². The predicted octanol–water partition coefficient (Wildman–Crippen LogP) is 0.958. The molecule has 4 nitrogen and oxygen atoms in total. The Hall–Kier alpha value is -0.870. The Bertz CT molecular complexity index is 308. The number of Topliss-reactive ketones (excluding diaryl/α,β-unsaturated/α-hetero) is 1. The maximum Gasteiger partial charge on any atom is 0.181 e. The first-order chi connectivity index (χ1) is 6.20. The van der Waals surface area contributed by atoms with Crippen LogP contribution in [0.4, 0.5) is 0 Å². The third-order valence-electron chi connectivity index (χ3n) is 1.71. The number of hydrogen-bond donors (Lipinski definition) is 1. The van der Waals surface area contributed by atoms with Crippen LogP contribution >= 0.6 is 11.6 Å². The third kappa shape index (κ3) is 2.08. The number of nitrogens with one attached hydrogen (secondary N) is 1. The van der Waals surface area contributed by atoms with Gasteiger partial charge in [0.25, 0.3) is 0 Å². The van der Waals surface area contributed by atoms with Gasteiger partial charge in [0.05, 0.1) is 18.3 Å². The first-order valence-electron chi connectivity index (χ1n) is 4.09. The standard InChI is InChI=1S/C8H12ClN3O/c1-3-12-8(9)6(4-11-12)7(13)5-10-2/h4,10H,3,5H2,1-2H3. The van der Waals surface area contributed by atoms with Crippen LogP contribution in [0.1, 0.15) is 17.3 Å². The molecule has 1 N–H and O–H groups in total. The van der Waals surface area contributed by atoms with Gasteiger partial charge < -0.3 is 5.32 Å². The molecular formula is C8H12ClN3O. The number of hydrogen-bond acceptors (Lipinski definition) is 3. The van der Waals surface area contributed by atoms with Crippen molar-refractivity contribution < 1.29 is 4.79 Å². The summed E-state index contributed by atoms with van der Waals surface area (Å²) in [4.78, 5) is 11.4. The summed E-state index contributed by atoms with van der Waals surface area (Å²) >= 11 is 5.91. The summed E-state index contributed by atoms with van der Waals surface area (Å²) in [6.07, 6.45) is 1.51. The van der Waals surface area contributed by atoms with E-state index in [2.05, 4.69) is 10.4 Å². The molecule has 0 atom stereocenters. The van der Waals surface area contributed by atoms with Crippen molar-refractivity contribution in [1.29, 1.82) is 0 Å². The number of aromatic nitrogens is 2. The molecule has 0 bridgehead atoms. The van der Waals surface area contributed by atoms with Gasteiger partial charge in [-0.3, -0.25) is 9.48 Å². The molecule has 13 heavy (non-hydrogen) atoms. The van der Waals surface area contributed by atoms with E-state index in [-0.39, 0.29) is 12.3 Å². The van der Waals surface area contributed by atoms with Gasteiger partial charge in [-0.15, -0.1) is 0 Å². The summed E-state index contributed by atoms with van der Waals surface area (Å²) in [7, 11) is 1.72. The fourth-order valence-electron chi connectivity index (χ4n) is 1.03. The van der Waals surface area contributed by atoms with Gasteiger partial charge in [-0.2, -0.15) is 5.10 Å². The van der Waals surface area contributed by atoms with Crippen molar-refractivity contribution in [2.45, 2.75) is 13.5 Å². The van der Waals surface area contributed by atoms with E-state index in [1.54, 1.807) is 11.7 Å². The minimum Gasteiger partial charge on any atom is -0.313 e. The lowest BCUT2D eigenvalue weighted by atomic mass is 10.2. The average molecular weight is 202 g/mol. The molecule has 1 rings (SSSR count). The van der Waals surface area contributed by atoms with Crippen molar-refractivity contribution in [3.05, 3.63) is 16.9 Å². The predicted molar refractivity (Wildman–Crippen MR) is 51.2 cm³/mol. The number of aryl methyl sites for hydroxylation is 1. The van der Waals surface area contributed by atoms with Crippen LogP contribution in [-0.4, -0.2) is 29.2 Å². The molecule has 1 aromatic heterocycles. The van der Waals surface area contributed by atoms with Crippen LogP contribution in [-0.2, 0) is 6.54 Å². The van der Waals surface area contributed by atoms with Crippen molar-refractivity contribution in [2.24, 2.45) is 0 Å². The Labute approximate surface area is 81.9 Å². The van der Waals surface area contributed by atoms with Crippen LogP contribution in [0.15, 0.2) is 6.20 Å². The molecule has 0 aliphatic carbocycles. The Morgan fingerprint density at radius 1 is 1.77 bits per heavy atom. The fourth-order valence-corrected chi connectivity index (χ4v) is 1.35. The molecule has 72 valence electrons. The maximum absolute atomic E-state index is 11.4. The SMILES string of the molecule is CCn1ncc(C(=O)CNC)c1Cl. The average Bonchev–Trinajstić information content (AvgIpc) is 2.47. The second kappa shape index (κ2) is 4.39. The number of carbonyl (C=O) groups is 1. The van der Waals surface area contributed by atoms with Gasteiger partial charge >= 0.3 is 0 Å². The molecule has 5 heteroatoms. The highest BCUT2D eigenvalue weighted by molar-refractivity contribution is 6.33. The van der Waals surface area contributed by atoms with Gasteiger partial charge in [-0.25, -0.2) is 0 Å². The summed E-state index contributed by atoms with van der Waals surface area (Å²) in [6, 6.07) is 0. The molecule has 0 aliphatic rings. The lowest BCUT2D eigenvalue weighted by molar-refractivity contribution is 0.0993. The third-order valence-corrected chi connectivity index (χ3v) is 2.11. The monoisotopic (exact) mass is 201 g/mol. The molecule has 0 saturated carbocycles. The van der Waals surface area contributed by atoms with E-state index < -0.39 is 0 Å². The lowest BCUT2D eigenvalue weighted by Gasteiger charge is -1.98. The molecule has 0 radical (unpaired) electrons. The van der Waals surface area contributed by atoms with Gasteiger partial charge in [-0.05, 0) is 14.0 Å². The Morgan fingerprint density at radius 3 is 2.92 bits per heavy atom. The van der Waals surface area contributed by atoms with Crippen LogP contribution in [0.5, 0.6) is 0 Å². The fraction of sp³-hybridized carbons (Fsp3) is 0.500. The number of halogens is 1. The quantitative estimate of drug-likeness (QED) is 0.739. The summed E-state index contributed by atoms with van der Waals surface area (Å²) in [5, 5.41) is 7.17. The molecule has 0 aliphatic heterocycles. The van der Waals surface area contributed by atoms with Crippen LogP contribution in [0, 0.1) is 0 Å². The number of likely N-dealkylation sites (N-methyl/N-ethyl adjacent to an activating group) is 1. The second-order valence-electron chi connectivity index (χ2n) is 2.62. The second-order valence-corrected chi connectivity index (χ2v) is 2.98. The van der Waals surface area contributed by atoms with Gasteiger partial charge in [0, 0.05) is 6.54 Å². The van der Waals surface area contributed by atoms with Crippen LogP contribution in [0.2, 0.25) is 5.15 Å². The van der Waals surface area contributed by atoms with Crippen LogP contribution < -0.4 is 5.32 Å². The van der Waals surface area contributed by atoms with Gasteiger partial charge in [0.1, 0.15) is 5.15 Å². The molecular weight excluding hydrogens is 190 g/mol. The maximum atomic E-state index is 11.4. The largest absolute Gasteiger partial charge is 0.313 e. The number of ketones is 1. The minimum absolute atomic E-state index is 0.0350. The molecule has 0 amide bonds. The van der Waals surface area contributed by atoms with Crippen molar-refractivity contribution in [3.63, 3.8) is 0 Å². The van der Waals surface area contributed by atoms with Crippen LogP contribution in [0.3, 0.4) is 0 Å². The number of rotatable bonds is 4. The van der Waals surface area contributed by atoms with Crippen molar-refractivity contribution in [3.8, 4) is 0 Å². The molecule has 0 unspecified atom stereocenters. The highest BCUT2D eigenvalue weighted by Gasteiger charge is 2.13. The normalized spacial score (nSPS) is 10.4. The summed E-state index contributed by atoms with van der Waals surface area (Å²) in [5.41, 5.74) is 0.484. The number of nitrogens with zero attached hydrogens (tertiary/aromatic N) is 2.